The van der Waals surface area contributed by atoms with Crippen LogP contribution in [0.25, 0.3) is 0 Å². The van der Waals surface area contributed by atoms with Gasteiger partial charge in [-0.3, -0.25) is 4.79 Å². The predicted octanol–water partition coefficient (Wildman–Crippen LogP) is 4.47. The summed E-state index contributed by atoms with van der Waals surface area (Å²) in [6.07, 6.45) is -1.97. The number of thiocarbonyl (C=S) groups is 1. The summed E-state index contributed by atoms with van der Waals surface area (Å²) in [5, 5.41) is 11.6. The van der Waals surface area contributed by atoms with E-state index in [4.69, 9.17) is 26.4 Å². The topological polar surface area (TPSA) is 65.0 Å². The summed E-state index contributed by atoms with van der Waals surface area (Å²) in [5.41, 5.74) is -6.87. The van der Waals surface area contributed by atoms with E-state index in [0.717, 1.165) is 6.08 Å². The molecule has 0 unspecified atom stereocenters. The number of hydrogen-bond acceptors (Lipinski definition) is 6. The Labute approximate surface area is 202 Å². The first-order valence-corrected chi connectivity index (χ1v) is 12.3. The summed E-state index contributed by atoms with van der Waals surface area (Å²) in [5.74, 6) is -4.71. The SMILES string of the molecule is CCOC(=S)[C@@]12OC(C)(C)O[C@@H]1C[C@H]1[C@@H]3C[C@H](F)C4=C(F)C(=O)C=C[C@]4(C)[C@@]3(F)[C@@H](O)C[C@@]12C. The molecule has 9 atom stereocenters. The van der Waals surface area contributed by atoms with Crippen molar-refractivity contribution in [3.63, 3.8) is 0 Å². The van der Waals surface area contributed by atoms with Gasteiger partial charge in [-0.25, -0.2) is 13.2 Å². The van der Waals surface area contributed by atoms with Gasteiger partial charge in [0.25, 0.3) is 0 Å². The van der Waals surface area contributed by atoms with E-state index in [9.17, 15) is 14.3 Å². The number of aliphatic hydroxyl groups excluding tert-OH is 1. The number of ketones is 1. The lowest BCUT2D eigenvalue weighted by Crippen LogP contribution is -2.71. The Hall–Kier alpha value is -1.29. The van der Waals surface area contributed by atoms with Crippen molar-refractivity contribution in [2.75, 3.05) is 6.61 Å². The van der Waals surface area contributed by atoms with Crippen molar-refractivity contribution in [1.82, 2.24) is 0 Å². The van der Waals surface area contributed by atoms with Gasteiger partial charge in [0.1, 0.15) is 6.17 Å². The number of allylic oxidation sites excluding steroid dienone is 4. The molecule has 0 radical (unpaired) electrons. The van der Waals surface area contributed by atoms with Gasteiger partial charge in [0.2, 0.25) is 5.78 Å². The number of rotatable bonds is 2. The van der Waals surface area contributed by atoms with Crippen molar-refractivity contribution < 1.29 is 37.3 Å². The minimum atomic E-state index is -2.40. The van der Waals surface area contributed by atoms with Gasteiger partial charge < -0.3 is 19.3 Å². The van der Waals surface area contributed by atoms with E-state index in [1.54, 1.807) is 20.8 Å². The molecule has 188 valence electrons. The van der Waals surface area contributed by atoms with Crippen LogP contribution in [-0.4, -0.2) is 58.0 Å². The molecule has 0 aromatic heterocycles. The van der Waals surface area contributed by atoms with Crippen molar-refractivity contribution >= 4 is 23.1 Å². The zero-order valence-electron chi connectivity index (χ0n) is 20.0. The summed E-state index contributed by atoms with van der Waals surface area (Å²) < 4.78 is 66.2. The first-order chi connectivity index (χ1) is 15.7. The van der Waals surface area contributed by atoms with E-state index < -0.39 is 75.3 Å². The summed E-state index contributed by atoms with van der Waals surface area (Å²) in [6.45, 7) is 8.88. The maximum absolute atomic E-state index is 17.3. The van der Waals surface area contributed by atoms with Gasteiger partial charge in [0.05, 0.1) is 18.8 Å². The molecule has 5 aliphatic rings. The van der Waals surface area contributed by atoms with E-state index in [2.05, 4.69) is 0 Å². The molecular weight excluding hydrogens is 469 g/mol. The zero-order chi connectivity index (χ0) is 25.1. The zero-order valence-corrected chi connectivity index (χ0v) is 20.8. The minimum absolute atomic E-state index is 0.0724. The fourth-order valence-electron chi connectivity index (χ4n) is 7.98. The molecule has 4 aliphatic carbocycles. The van der Waals surface area contributed by atoms with Crippen LogP contribution in [0.4, 0.5) is 13.2 Å². The van der Waals surface area contributed by atoms with Crippen molar-refractivity contribution in [2.24, 2.45) is 22.7 Å². The third kappa shape index (κ3) is 2.62. The predicted molar refractivity (Wildman–Crippen MR) is 121 cm³/mol. The van der Waals surface area contributed by atoms with Gasteiger partial charge in [-0.05, 0) is 71.2 Å². The second-order valence-electron chi connectivity index (χ2n) is 11.2. The van der Waals surface area contributed by atoms with Crippen molar-refractivity contribution in [3.05, 3.63) is 23.6 Å². The molecule has 3 saturated carbocycles. The molecule has 4 fully saturated rings. The molecule has 1 saturated heterocycles. The highest BCUT2D eigenvalue weighted by atomic mass is 32.1. The molecule has 0 amide bonds. The van der Waals surface area contributed by atoms with E-state index in [1.807, 2.05) is 6.92 Å². The second kappa shape index (κ2) is 7.14. The number of hydrogen-bond donors (Lipinski definition) is 1. The van der Waals surface area contributed by atoms with Crippen LogP contribution in [-0.2, 0) is 19.0 Å². The Morgan fingerprint density at radius 3 is 2.59 bits per heavy atom. The van der Waals surface area contributed by atoms with Gasteiger partial charge >= 0.3 is 0 Å². The third-order valence-corrected chi connectivity index (χ3v) is 9.70. The van der Waals surface area contributed by atoms with Gasteiger partial charge in [0.15, 0.2) is 27.9 Å². The smallest absolute Gasteiger partial charge is 0.213 e. The second-order valence-corrected chi connectivity index (χ2v) is 11.6. The van der Waals surface area contributed by atoms with Crippen LogP contribution in [0.2, 0.25) is 0 Å². The lowest BCUT2D eigenvalue weighted by molar-refractivity contribution is -0.241. The maximum atomic E-state index is 17.3. The molecule has 0 spiro atoms. The standard InChI is InChI=1S/C25H31F3O5S/c1-6-31-20(34)25-17(32-21(2,3)33-25)10-12-13-9-14(26)18-19(27)15(29)7-8-22(18,4)24(13,28)16(30)11-23(12,25)5/h7-8,12-14,16-17,30H,6,9-11H2,1-5H3/t12-,13-,14-,16-,17+,22-,23-,24-,25-/m0/s1. The highest BCUT2D eigenvalue weighted by Crippen LogP contribution is 2.73. The molecule has 0 aromatic carbocycles. The lowest BCUT2D eigenvalue weighted by Gasteiger charge is -2.63. The van der Waals surface area contributed by atoms with Gasteiger partial charge in [-0.2, -0.15) is 0 Å². The highest BCUT2D eigenvalue weighted by molar-refractivity contribution is 7.80. The quantitative estimate of drug-likeness (QED) is 0.565. The largest absolute Gasteiger partial charge is 0.484 e. The summed E-state index contributed by atoms with van der Waals surface area (Å²) in [6, 6.07) is 0. The number of carbonyl (C=O) groups is 1. The summed E-state index contributed by atoms with van der Waals surface area (Å²) in [4.78, 5) is 12.0. The highest BCUT2D eigenvalue weighted by Gasteiger charge is 2.80. The number of halogens is 3. The van der Waals surface area contributed by atoms with E-state index >= 15 is 8.78 Å². The molecular formula is C25H31F3O5S. The van der Waals surface area contributed by atoms with Crippen LogP contribution in [0.1, 0.15) is 53.9 Å². The monoisotopic (exact) mass is 500 g/mol. The molecule has 0 aromatic rings. The van der Waals surface area contributed by atoms with Crippen LogP contribution in [0.5, 0.6) is 0 Å². The molecule has 34 heavy (non-hydrogen) atoms. The summed E-state index contributed by atoms with van der Waals surface area (Å²) >= 11 is 5.68. The van der Waals surface area contributed by atoms with Crippen LogP contribution < -0.4 is 0 Å². The van der Waals surface area contributed by atoms with Crippen molar-refractivity contribution in [1.29, 1.82) is 0 Å². The Balaban J connectivity index is 1.66. The fraction of sp³-hybridized carbons (Fsp3) is 0.760. The lowest BCUT2D eigenvalue weighted by atomic mass is 9.44. The number of carbonyl (C=O) groups excluding carboxylic acids is 1. The first kappa shape index (κ1) is 24.4. The van der Waals surface area contributed by atoms with Crippen molar-refractivity contribution in [2.45, 2.75) is 89.3 Å². The molecule has 5 rings (SSSR count). The van der Waals surface area contributed by atoms with Gasteiger partial charge in [-0.1, -0.05) is 13.0 Å². The number of aliphatic hydroxyl groups is 1. The maximum Gasteiger partial charge on any atom is 0.213 e. The van der Waals surface area contributed by atoms with Crippen LogP contribution in [0.3, 0.4) is 0 Å². The van der Waals surface area contributed by atoms with Gasteiger partial charge in [0, 0.05) is 22.3 Å². The van der Waals surface area contributed by atoms with E-state index in [-0.39, 0.29) is 17.9 Å². The van der Waals surface area contributed by atoms with Gasteiger partial charge in [-0.15, -0.1) is 0 Å². The minimum Gasteiger partial charge on any atom is -0.484 e. The average Bonchev–Trinajstić information content (AvgIpc) is 3.14. The average molecular weight is 501 g/mol. The molecule has 1 heterocycles. The summed E-state index contributed by atoms with van der Waals surface area (Å²) in [7, 11) is 0. The number of ether oxygens (including phenoxy) is 3. The van der Waals surface area contributed by atoms with Crippen molar-refractivity contribution in [3.8, 4) is 0 Å². The van der Waals surface area contributed by atoms with E-state index in [1.165, 1.54) is 13.0 Å². The number of alkyl halides is 2. The first-order valence-electron chi connectivity index (χ1n) is 11.9. The van der Waals surface area contributed by atoms with E-state index in [0.29, 0.717) is 13.0 Å². The molecule has 0 bridgehead atoms. The normalized spacial score (nSPS) is 51.0. The third-order valence-electron chi connectivity index (χ3n) is 9.28. The number of fused-ring (bicyclic) bond motifs is 7. The van der Waals surface area contributed by atoms with Crippen LogP contribution >= 0.6 is 12.2 Å². The molecule has 5 nitrogen and oxygen atoms in total. The Bertz CT molecular complexity index is 1030. The molecule has 9 heteroatoms. The van der Waals surface area contributed by atoms with Crippen LogP contribution in [0, 0.1) is 22.7 Å². The Kier molecular flexibility index (Phi) is 5.13. The molecule has 1 N–H and O–H groups in total. The van der Waals surface area contributed by atoms with Crippen LogP contribution in [0.15, 0.2) is 23.6 Å². The Morgan fingerprint density at radius 1 is 1.26 bits per heavy atom. The Morgan fingerprint density at radius 2 is 1.94 bits per heavy atom. The molecule has 1 aliphatic heterocycles. The fourth-order valence-corrected chi connectivity index (χ4v) is 8.51.